The Morgan fingerprint density at radius 3 is 2.75 bits per heavy atom. The van der Waals surface area contributed by atoms with Crippen molar-refractivity contribution < 1.29 is 9.53 Å². The Bertz CT molecular complexity index is 448. The van der Waals surface area contributed by atoms with Gasteiger partial charge < -0.3 is 15.4 Å². The molecular weight excluding hydrogens is 226 g/mol. The number of hydrogen-bond acceptors (Lipinski definition) is 6. The van der Waals surface area contributed by atoms with E-state index in [-0.39, 0.29) is 11.3 Å². The van der Waals surface area contributed by atoms with Gasteiger partial charge >= 0.3 is 5.97 Å². The molecule has 0 spiro atoms. The van der Waals surface area contributed by atoms with Crippen molar-refractivity contribution in [3.8, 4) is 6.07 Å². The largest absolute Gasteiger partial charge is 0.465 e. The minimum Gasteiger partial charge on any atom is -0.465 e. The predicted octanol–water partition coefficient (Wildman–Crippen LogP) is 1.44. The molecule has 6 heteroatoms. The van der Waals surface area contributed by atoms with Gasteiger partial charge in [0.05, 0.1) is 12.8 Å². The second kappa shape index (κ2) is 4.86. The molecule has 0 saturated heterocycles. The molecule has 0 aromatic carbocycles. The number of carbonyl (C=O) groups excluding carboxylic acids is 1. The number of carbonyl (C=O) groups is 1. The fourth-order valence-electron chi connectivity index (χ4n) is 1.23. The molecule has 0 aliphatic carbocycles. The first-order valence-corrected chi connectivity index (χ1v) is 5.50. The van der Waals surface area contributed by atoms with Crippen molar-refractivity contribution in [3.05, 3.63) is 10.4 Å². The van der Waals surface area contributed by atoms with Crippen molar-refractivity contribution in [1.29, 1.82) is 5.26 Å². The molecule has 1 rings (SSSR count). The zero-order valence-electron chi connectivity index (χ0n) is 9.40. The summed E-state index contributed by atoms with van der Waals surface area (Å²) < 4.78 is 4.66. The lowest BCUT2D eigenvalue weighted by Crippen LogP contribution is -2.18. The lowest BCUT2D eigenvalue weighted by Gasteiger charge is -2.15. The van der Waals surface area contributed by atoms with Crippen LogP contribution in [0.3, 0.4) is 0 Å². The maximum atomic E-state index is 11.6. The van der Waals surface area contributed by atoms with E-state index in [1.807, 2.05) is 24.9 Å². The predicted molar refractivity (Wildman–Crippen MR) is 63.7 cm³/mol. The number of nitrogens with zero attached hydrogens (tertiary/aromatic N) is 2. The van der Waals surface area contributed by atoms with Gasteiger partial charge in [-0.25, -0.2) is 4.79 Å². The number of anilines is 2. The van der Waals surface area contributed by atoms with Gasteiger partial charge in [0.15, 0.2) is 0 Å². The highest BCUT2D eigenvalue weighted by Crippen LogP contribution is 2.37. The summed E-state index contributed by atoms with van der Waals surface area (Å²) in [5.41, 5.74) is 6.23. The van der Waals surface area contributed by atoms with E-state index in [1.54, 1.807) is 0 Å². The monoisotopic (exact) mass is 239 g/mol. The molecule has 2 N–H and O–H groups in total. The molecule has 0 radical (unpaired) electrons. The van der Waals surface area contributed by atoms with E-state index >= 15 is 0 Å². The Kier molecular flexibility index (Phi) is 3.74. The van der Waals surface area contributed by atoms with Gasteiger partial charge in [-0.1, -0.05) is 0 Å². The second-order valence-corrected chi connectivity index (χ2v) is 4.14. The highest BCUT2D eigenvalue weighted by Gasteiger charge is 2.24. The van der Waals surface area contributed by atoms with Crippen LogP contribution in [0.25, 0.3) is 0 Å². The summed E-state index contributed by atoms with van der Waals surface area (Å²) >= 11 is 1.20. The molecule has 0 saturated carbocycles. The minimum atomic E-state index is -0.509. The van der Waals surface area contributed by atoms with Crippen molar-refractivity contribution in [2.24, 2.45) is 0 Å². The van der Waals surface area contributed by atoms with Gasteiger partial charge in [-0.15, -0.1) is 11.3 Å². The number of hydrogen-bond donors (Lipinski definition) is 1. The van der Waals surface area contributed by atoms with Crippen LogP contribution in [0.2, 0.25) is 0 Å². The summed E-state index contributed by atoms with van der Waals surface area (Å²) in [4.78, 5) is 13.8. The van der Waals surface area contributed by atoms with Gasteiger partial charge in [-0.05, 0) is 6.92 Å². The van der Waals surface area contributed by atoms with Gasteiger partial charge in [0, 0.05) is 13.6 Å². The number of esters is 1. The Labute approximate surface area is 98.0 Å². The summed E-state index contributed by atoms with van der Waals surface area (Å²) in [7, 11) is 3.13. The summed E-state index contributed by atoms with van der Waals surface area (Å²) in [6, 6.07) is 1.97. The fraction of sp³-hybridized carbons (Fsp3) is 0.400. The van der Waals surface area contributed by atoms with E-state index in [0.717, 1.165) is 6.54 Å². The van der Waals surface area contributed by atoms with E-state index in [9.17, 15) is 4.79 Å². The van der Waals surface area contributed by atoms with Gasteiger partial charge in [0.25, 0.3) is 0 Å². The summed E-state index contributed by atoms with van der Waals surface area (Å²) in [6.07, 6.45) is 0. The molecule has 0 aliphatic rings. The van der Waals surface area contributed by atoms with E-state index < -0.39 is 5.97 Å². The lowest BCUT2D eigenvalue weighted by atomic mass is 10.2. The Morgan fingerprint density at radius 1 is 1.69 bits per heavy atom. The molecule has 0 aliphatic heterocycles. The summed E-state index contributed by atoms with van der Waals surface area (Å²) in [5, 5.41) is 9.54. The SMILES string of the molecule is CCN(C)c1sc(C#N)c(N)c1C(=O)OC. The molecule has 0 unspecified atom stereocenters. The molecule has 0 atom stereocenters. The third-order valence-corrected chi connectivity index (χ3v) is 3.46. The van der Waals surface area contributed by atoms with Crippen LogP contribution in [0.4, 0.5) is 10.7 Å². The molecule has 1 aromatic heterocycles. The molecular formula is C10H13N3O2S. The van der Waals surface area contributed by atoms with Gasteiger partial charge in [0.1, 0.15) is 21.5 Å². The number of ether oxygens (including phenoxy) is 1. The summed E-state index contributed by atoms with van der Waals surface area (Å²) in [6.45, 7) is 2.66. The van der Waals surface area contributed by atoms with Gasteiger partial charge in [0.2, 0.25) is 0 Å². The molecule has 1 heterocycles. The van der Waals surface area contributed by atoms with Crippen molar-refractivity contribution in [1.82, 2.24) is 0 Å². The number of methoxy groups -OCH3 is 1. The highest BCUT2D eigenvalue weighted by atomic mass is 32.1. The Morgan fingerprint density at radius 2 is 2.31 bits per heavy atom. The van der Waals surface area contributed by atoms with Crippen LogP contribution < -0.4 is 10.6 Å². The van der Waals surface area contributed by atoms with Crippen LogP contribution in [-0.2, 0) is 4.74 Å². The van der Waals surface area contributed by atoms with Crippen LogP contribution in [0.5, 0.6) is 0 Å². The number of thiophene rings is 1. The van der Waals surface area contributed by atoms with Crippen molar-refractivity contribution in [3.63, 3.8) is 0 Å². The van der Waals surface area contributed by atoms with E-state index in [1.165, 1.54) is 18.4 Å². The first-order chi connectivity index (χ1) is 7.56. The Hall–Kier alpha value is -1.74. The van der Waals surface area contributed by atoms with Crippen LogP contribution in [0.1, 0.15) is 22.2 Å². The fourth-order valence-corrected chi connectivity index (χ4v) is 2.26. The van der Waals surface area contributed by atoms with Crippen LogP contribution >= 0.6 is 11.3 Å². The van der Waals surface area contributed by atoms with Gasteiger partial charge in [-0.2, -0.15) is 5.26 Å². The smallest absolute Gasteiger partial charge is 0.343 e. The maximum absolute atomic E-state index is 11.6. The first kappa shape index (κ1) is 12.3. The average Bonchev–Trinajstić information content (AvgIpc) is 2.64. The number of rotatable bonds is 3. The van der Waals surface area contributed by atoms with Crippen molar-refractivity contribution >= 4 is 28.0 Å². The van der Waals surface area contributed by atoms with Crippen LogP contribution in [-0.4, -0.2) is 26.7 Å². The molecule has 0 fully saturated rings. The molecule has 16 heavy (non-hydrogen) atoms. The molecule has 86 valence electrons. The van der Waals surface area contributed by atoms with Crippen molar-refractivity contribution in [2.45, 2.75) is 6.92 Å². The Balaban J connectivity index is 3.37. The minimum absolute atomic E-state index is 0.203. The molecule has 0 amide bonds. The van der Waals surface area contributed by atoms with Gasteiger partial charge in [-0.3, -0.25) is 0 Å². The quantitative estimate of drug-likeness (QED) is 0.807. The number of nitrogens with two attached hydrogens (primary N) is 1. The molecule has 5 nitrogen and oxygen atoms in total. The highest BCUT2D eigenvalue weighted by molar-refractivity contribution is 7.17. The number of nitriles is 1. The summed E-state index contributed by atoms with van der Waals surface area (Å²) in [5.74, 6) is -0.509. The first-order valence-electron chi connectivity index (χ1n) is 4.68. The maximum Gasteiger partial charge on any atom is 0.343 e. The van der Waals surface area contributed by atoms with E-state index in [4.69, 9.17) is 11.0 Å². The molecule has 0 bridgehead atoms. The lowest BCUT2D eigenvalue weighted by molar-refractivity contribution is 0.0603. The van der Waals surface area contributed by atoms with Crippen molar-refractivity contribution in [2.75, 3.05) is 31.3 Å². The zero-order chi connectivity index (χ0) is 12.3. The second-order valence-electron chi connectivity index (χ2n) is 3.14. The standard InChI is InChI=1S/C10H13N3O2S/c1-4-13(2)9-7(10(14)15-3)8(12)6(5-11)16-9/h4,12H2,1-3H3. The molecule has 1 aromatic rings. The van der Waals surface area contributed by atoms with E-state index in [2.05, 4.69) is 4.74 Å². The topological polar surface area (TPSA) is 79.4 Å². The van der Waals surface area contributed by atoms with Crippen LogP contribution in [0, 0.1) is 11.3 Å². The van der Waals surface area contributed by atoms with E-state index in [0.29, 0.717) is 9.88 Å². The number of nitrogen functional groups attached to an aromatic ring is 1. The third kappa shape index (κ3) is 1.95. The normalized spacial score (nSPS) is 9.62. The van der Waals surface area contributed by atoms with Crippen LogP contribution in [0.15, 0.2) is 0 Å². The average molecular weight is 239 g/mol. The zero-order valence-corrected chi connectivity index (χ0v) is 10.2. The third-order valence-electron chi connectivity index (χ3n) is 2.24.